The van der Waals surface area contributed by atoms with Crippen molar-refractivity contribution in [3.63, 3.8) is 0 Å². The predicted octanol–water partition coefficient (Wildman–Crippen LogP) is 3.70. The van der Waals surface area contributed by atoms with Crippen LogP contribution in [0.25, 0.3) is 0 Å². The van der Waals surface area contributed by atoms with E-state index in [4.69, 9.17) is 11.6 Å². The number of rotatable bonds is 5. The van der Waals surface area contributed by atoms with Crippen LogP contribution in [0.4, 0.5) is 11.4 Å². The summed E-state index contributed by atoms with van der Waals surface area (Å²) in [6, 6.07) is 5.73. The third-order valence-electron chi connectivity index (χ3n) is 4.37. The van der Waals surface area contributed by atoms with E-state index in [2.05, 4.69) is 31.4 Å². The molecule has 2 aromatic carbocycles. The van der Waals surface area contributed by atoms with Gasteiger partial charge in [0, 0.05) is 17.6 Å². The molecule has 0 aliphatic heterocycles. The van der Waals surface area contributed by atoms with Crippen molar-refractivity contribution in [2.45, 2.75) is 47.2 Å². The lowest BCUT2D eigenvalue weighted by Crippen LogP contribution is -2.42. The number of anilines is 2. The first-order valence-electron chi connectivity index (χ1n) is 7.70. The monoisotopic (exact) mass is 334 g/mol. The van der Waals surface area contributed by atoms with Crippen LogP contribution in [-0.2, 0) is 6.54 Å². The fraction of sp³-hybridized carbons (Fsp3) is 0.444. The van der Waals surface area contributed by atoms with Crippen molar-refractivity contribution < 1.29 is 0 Å². The largest absolute Gasteiger partial charge is 0.377 e. The molecular weight excluding hydrogens is 312 g/mol. The minimum absolute atomic E-state index is 0.0175. The summed E-state index contributed by atoms with van der Waals surface area (Å²) in [5, 5.41) is 6.88. The van der Waals surface area contributed by atoms with Gasteiger partial charge in [-0.3, -0.25) is 9.59 Å². The predicted molar refractivity (Wildman–Crippen MR) is 97.4 cm³/mol. The van der Waals surface area contributed by atoms with Gasteiger partial charge in [0.15, 0.2) is 0 Å². The summed E-state index contributed by atoms with van der Waals surface area (Å²) < 4.78 is 0. The number of hydrogen-bond acceptors (Lipinski definition) is 4. The van der Waals surface area contributed by atoms with Crippen molar-refractivity contribution in [2.24, 2.45) is 5.41 Å². The first kappa shape index (κ1) is 17.5. The van der Waals surface area contributed by atoms with Gasteiger partial charge in [-0.2, -0.15) is 0 Å². The number of nitrogens with one attached hydrogen (secondary N) is 2. The molecule has 23 heavy (non-hydrogen) atoms. The average Bonchev–Trinajstić information content (AvgIpc) is 2.47. The van der Waals surface area contributed by atoms with E-state index in [0.29, 0.717) is 22.9 Å². The molecule has 1 unspecified atom stereocenters. The van der Waals surface area contributed by atoms with E-state index >= 15 is 0 Å². The van der Waals surface area contributed by atoms with Crippen molar-refractivity contribution in [3.05, 3.63) is 54.8 Å². The summed E-state index contributed by atoms with van der Waals surface area (Å²) in [6.07, 6.45) is 0. The van der Waals surface area contributed by atoms with E-state index < -0.39 is 10.9 Å². The fourth-order valence-corrected chi connectivity index (χ4v) is 2.49. The van der Waals surface area contributed by atoms with E-state index in [1.54, 1.807) is 0 Å². The lowest BCUT2D eigenvalue weighted by Gasteiger charge is -2.30. The first-order valence-corrected chi connectivity index (χ1v) is 8.08. The maximum absolute atomic E-state index is 11.9. The van der Waals surface area contributed by atoms with E-state index in [0.717, 1.165) is 11.1 Å². The van der Waals surface area contributed by atoms with Gasteiger partial charge in [-0.25, -0.2) is 0 Å². The van der Waals surface area contributed by atoms with E-state index in [1.807, 2.05) is 32.0 Å². The highest BCUT2D eigenvalue weighted by Gasteiger charge is 2.26. The molecule has 0 radical (unpaired) electrons. The third-order valence-corrected chi connectivity index (χ3v) is 4.72. The van der Waals surface area contributed by atoms with Crippen LogP contribution in [0, 0.1) is 12.3 Å². The van der Waals surface area contributed by atoms with E-state index in [-0.39, 0.29) is 11.5 Å². The van der Waals surface area contributed by atoms with Crippen LogP contribution < -0.4 is 21.5 Å². The van der Waals surface area contributed by atoms with Gasteiger partial charge in [0.25, 0.3) is 10.9 Å². The molecular formula is C18H23ClN2O2. The minimum Gasteiger partial charge on any atom is -0.377 e. The highest BCUT2D eigenvalue weighted by atomic mass is 35.5. The second-order valence-corrected chi connectivity index (χ2v) is 7.44. The zero-order valence-corrected chi connectivity index (χ0v) is 15.0. The molecule has 1 atom stereocenters. The Kier molecular flexibility index (Phi) is 4.85. The van der Waals surface area contributed by atoms with Gasteiger partial charge < -0.3 is 10.6 Å². The van der Waals surface area contributed by atoms with Crippen molar-refractivity contribution >= 4 is 23.0 Å². The fourth-order valence-electron chi connectivity index (χ4n) is 2.20. The summed E-state index contributed by atoms with van der Waals surface area (Å²) in [4.78, 5) is 23.7. The Morgan fingerprint density at radius 2 is 1.74 bits per heavy atom. The molecule has 0 amide bonds. The molecule has 0 aromatic heterocycles. The van der Waals surface area contributed by atoms with Crippen LogP contribution in [0.1, 0.15) is 38.8 Å². The maximum Gasteiger partial charge on any atom is 0.253 e. The number of aryl methyl sites for hydroxylation is 1. The summed E-state index contributed by atoms with van der Waals surface area (Å²) >= 11 is 6.20. The molecule has 0 bridgehead atoms. The molecule has 5 heteroatoms. The van der Waals surface area contributed by atoms with Gasteiger partial charge in [-0.05, 0) is 36.5 Å². The zero-order valence-electron chi connectivity index (χ0n) is 14.2. The van der Waals surface area contributed by atoms with Crippen molar-refractivity contribution in [1.82, 2.24) is 0 Å². The van der Waals surface area contributed by atoms with Gasteiger partial charge in [0.1, 0.15) is 11.4 Å². The van der Waals surface area contributed by atoms with Gasteiger partial charge in [-0.15, -0.1) is 0 Å². The number of benzene rings is 1. The van der Waals surface area contributed by atoms with Gasteiger partial charge in [0.05, 0.1) is 0 Å². The molecule has 0 fully saturated rings. The van der Waals surface area contributed by atoms with Gasteiger partial charge in [-0.1, -0.05) is 44.5 Å². The van der Waals surface area contributed by atoms with Crippen molar-refractivity contribution in [3.8, 4) is 0 Å². The maximum atomic E-state index is 11.9. The Hall–Kier alpha value is -1.81. The standard InChI is InChI=1S/C18H23ClN2O2/c1-10-7-6-8-13(19)12(10)9-20-14-15(17(23)16(14)22)21-11(2)18(3,4)5/h6-8,11,20-21H,9H2,1-5H3. The van der Waals surface area contributed by atoms with E-state index in [9.17, 15) is 9.59 Å². The summed E-state index contributed by atoms with van der Waals surface area (Å²) in [5.41, 5.74) is 1.75. The summed E-state index contributed by atoms with van der Waals surface area (Å²) in [5.74, 6) is 0. The van der Waals surface area contributed by atoms with Crippen LogP contribution in [0.5, 0.6) is 0 Å². The molecule has 0 spiro atoms. The summed E-state index contributed by atoms with van der Waals surface area (Å²) in [6.45, 7) is 10.6. The molecule has 0 aliphatic carbocycles. The Labute approximate surface area is 141 Å². The third kappa shape index (κ3) is 3.58. The lowest BCUT2D eigenvalue weighted by atomic mass is 9.87. The SMILES string of the molecule is Cc1cccc(Cl)c1CNc1c(NC(C)C(C)(C)C)c(=O)c1=O. The van der Waals surface area contributed by atoms with Crippen LogP contribution in [0.15, 0.2) is 27.8 Å². The molecule has 0 aliphatic rings. The quantitative estimate of drug-likeness (QED) is 0.818. The smallest absolute Gasteiger partial charge is 0.253 e. The molecule has 2 rings (SSSR count). The Morgan fingerprint density at radius 3 is 2.30 bits per heavy atom. The average molecular weight is 335 g/mol. The number of hydrogen-bond donors (Lipinski definition) is 2. The van der Waals surface area contributed by atoms with Crippen LogP contribution >= 0.6 is 11.6 Å². The minimum atomic E-state index is -0.474. The topological polar surface area (TPSA) is 58.2 Å². The Balaban J connectivity index is 2.18. The normalized spacial score (nSPS) is 13.1. The van der Waals surface area contributed by atoms with Gasteiger partial charge >= 0.3 is 0 Å². The molecule has 2 N–H and O–H groups in total. The lowest BCUT2D eigenvalue weighted by molar-refractivity contribution is 0.359. The molecule has 0 saturated heterocycles. The van der Waals surface area contributed by atoms with Crippen LogP contribution in [-0.4, -0.2) is 6.04 Å². The summed E-state index contributed by atoms with van der Waals surface area (Å²) in [7, 11) is 0. The number of halogens is 1. The Bertz CT molecular complexity index is 763. The zero-order chi connectivity index (χ0) is 17.4. The molecule has 124 valence electrons. The molecule has 2 aromatic rings. The second-order valence-electron chi connectivity index (χ2n) is 7.03. The van der Waals surface area contributed by atoms with Crippen LogP contribution in [0.2, 0.25) is 5.02 Å². The highest BCUT2D eigenvalue weighted by Crippen LogP contribution is 2.26. The first-order chi connectivity index (χ1) is 10.6. The molecule has 0 saturated carbocycles. The second kappa shape index (κ2) is 6.36. The van der Waals surface area contributed by atoms with Crippen molar-refractivity contribution in [1.29, 1.82) is 0 Å². The Morgan fingerprint density at radius 1 is 1.13 bits per heavy atom. The van der Waals surface area contributed by atoms with Crippen LogP contribution in [0.3, 0.4) is 0 Å². The molecule has 0 heterocycles. The van der Waals surface area contributed by atoms with Crippen molar-refractivity contribution in [2.75, 3.05) is 10.6 Å². The molecule has 4 nitrogen and oxygen atoms in total. The van der Waals surface area contributed by atoms with Gasteiger partial charge in [0.2, 0.25) is 0 Å². The van der Waals surface area contributed by atoms with E-state index in [1.165, 1.54) is 0 Å². The highest BCUT2D eigenvalue weighted by molar-refractivity contribution is 6.31.